The van der Waals surface area contributed by atoms with Gasteiger partial charge in [0.25, 0.3) is 0 Å². The van der Waals surface area contributed by atoms with Crippen molar-refractivity contribution in [2.24, 2.45) is 0 Å². The number of amides is 1. The first kappa shape index (κ1) is 14.6. The molecular weight excluding hydrogens is 238 g/mol. The first-order valence-electron chi connectivity index (χ1n) is 5.73. The predicted octanol–water partition coefficient (Wildman–Crippen LogP) is 1.97. The Morgan fingerprint density at radius 3 is 2.56 bits per heavy atom. The second-order valence-corrected chi connectivity index (χ2v) is 5.14. The Balaban J connectivity index is 2.42. The number of halogens is 2. The van der Waals surface area contributed by atoms with Crippen molar-refractivity contribution in [3.05, 3.63) is 35.4 Å². The monoisotopic (exact) mass is 256 g/mol. The van der Waals surface area contributed by atoms with Crippen LogP contribution in [-0.2, 0) is 11.3 Å². The second kappa shape index (κ2) is 5.91. The lowest BCUT2D eigenvalue weighted by molar-refractivity contribution is -0.121. The van der Waals surface area contributed by atoms with E-state index in [0.29, 0.717) is 0 Å². The van der Waals surface area contributed by atoms with Crippen LogP contribution in [0.2, 0.25) is 0 Å². The van der Waals surface area contributed by atoms with E-state index >= 15 is 0 Å². The summed E-state index contributed by atoms with van der Waals surface area (Å²) in [5.74, 6) is -1.16. The Morgan fingerprint density at radius 2 is 1.94 bits per heavy atom. The summed E-state index contributed by atoms with van der Waals surface area (Å²) in [6.07, 6.45) is 0. The molecule has 1 amide bonds. The summed E-state index contributed by atoms with van der Waals surface area (Å²) in [5, 5.41) is 5.54. The average molecular weight is 256 g/mol. The van der Waals surface area contributed by atoms with Crippen molar-refractivity contribution in [3.63, 3.8) is 0 Å². The van der Waals surface area contributed by atoms with Crippen LogP contribution in [0.1, 0.15) is 26.3 Å². The molecule has 0 aliphatic carbocycles. The van der Waals surface area contributed by atoms with Crippen molar-refractivity contribution in [1.29, 1.82) is 0 Å². The number of benzene rings is 1. The minimum absolute atomic E-state index is 0.0627. The highest BCUT2D eigenvalue weighted by Crippen LogP contribution is 2.08. The fourth-order valence-electron chi connectivity index (χ4n) is 1.45. The van der Waals surface area contributed by atoms with Gasteiger partial charge < -0.3 is 10.6 Å². The van der Waals surface area contributed by atoms with Gasteiger partial charge in [-0.15, -0.1) is 0 Å². The molecule has 0 spiro atoms. The molecule has 0 aromatic heterocycles. The van der Waals surface area contributed by atoms with E-state index in [0.717, 1.165) is 18.2 Å². The van der Waals surface area contributed by atoms with Crippen LogP contribution in [0.3, 0.4) is 0 Å². The van der Waals surface area contributed by atoms with E-state index in [1.54, 1.807) is 0 Å². The van der Waals surface area contributed by atoms with Crippen LogP contribution in [0.15, 0.2) is 18.2 Å². The van der Waals surface area contributed by atoms with Gasteiger partial charge in [-0.2, -0.15) is 0 Å². The van der Waals surface area contributed by atoms with Gasteiger partial charge >= 0.3 is 0 Å². The minimum atomic E-state index is -0.493. The molecule has 1 aromatic carbocycles. The molecule has 1 aromatic rings. The zero-order chi connectivity index (χ0) is 13.8. The summed E-state index contributed by atoms with van der Waals surface area (Å²) < 4.78 is 26.1. The minimum Gasteiger partial charge on any atom is -0.350 e. The normalized spacial score (nSPS) is 11.4. The third-order valence-corrected chi connectivity index (χ3v) is 2.12. The van der Waals surface area contributed by atoms with E-state index < -0.39 is 11.6 Å². The van der Waals surface area contributed by atoms with E-state index in [2.05, 4.69) is 10.6 Å². The largest absolute Gasteiger partial charge is 0.350 e. The van der Waals surface area contributed by atoms with E-state index in [4.69, 9.17) is 0 Å². The SMILES string of the molecule is CC(C)(C)NC(=O)CNCc1cc(F)ccc1F. The lowest BCUT2D eigenvalue weighted by atomic mass is 10.1. The van der Waals surface area contributed by atoms with Crippen LogP contribution in [-0.4, -0.2) is 18.0 Å². The van der Waals surface area contributed by atoms with Crippen molar-refractivity contribution in [3.8, 4) is 0 Å². The molecule has 5 heteroatoms. The van der Waals surface area contributed by atoms with Crippen LogP contribution in [0.25, 0.3) is 0 Å². The fraction of sp³-hybridized carbons (Fsp3) is 0.462. The van der Waals surface area contributed by atoms with Gasteiger partial charge in [0.2, 0.25) is 5.91 Å². The van der Waals surface area contributed by atoms with Gasteiger partial charge in [0.15, 0.2) is 0 Å². The third kappa shape index (κ3) is 5.23. The lowest BCUT2D eigenvalue weighted by Gasteiger charge is -2.20. The molecular formula is C13H18F2N2O. The van der Waals surface area contributed by atoms with Crippen LogP contribution in [0, 0.1) is 11.6 Å². The van der Waals surface area contributed by atoms with Crippen molar-refractivity contribution in [2.75, 3.05) is 6.54 Å². The Bertz CT molecular complexity index is 427. The first-order chi connectivity index (χ1) is 8.28. The summed E-state index contributed by atoms with van der Waals surface area (Å²) in [6.45, 7) is 5.79. The summed E-state index contributed by atoms with van der Waals surface area (Å²) in [5.41, 5.74) is -0.0957. The molecule has 0 aliphatic heterocycles. The van der Waals surface area contributed by atoms with Crippen molar-refractivity contribution < 1.29 is 13.6 Å². The number of hydrogen-bond acceptors (Lipinski definition) is 2. The number of carbonyl (C=O) groups is 1. The molecule has 0 radical (unpaired) electrons. The van der Waals surface area contributed by atoms with E-state index in [-0.39, 0.29) is 30.1 Å². The number of rotatable bonds is 4. The molecule has 0 atom stereocenters. The van der Waals surface area contributed by atoms with E-state index in [9.17, 15) is 13.6 Å². The van der Waals surface area contributed by atoms with Gasteiger partial charge in [-0.3, -0.25) is 4.79 Å². The number of carbonyl (C=O) groups excluding carboxylic acids is 1. The molecule has 0 saturated heterocycles. The summed E-state index contributed by atoms with van der Waals surface area (Å²) in [6, 6.07) is 3.25. The van der Waals surface area contributed by atoms with Crippen molar-refractivity contribution >= 4 is 5.91 Å². The maximum absolute atomic E-state index is 13.3. The maximum atomic E-state index is 13.3. The molecule has 2 N–H and O–H groups in total. The molecule has 18 heavy (non-hydrogen) atoms. The summed E-state index contributed by atoms with van der Waals surface area (Å²) in [4.78, 5) is 11.5. The molecule has 3 nitrogen and oxygen atoms in total. The molecule has 0 saturated carbocycles. The zero-order valence-corrected chi connectivity index (χ0v) is 10.8. The first-order valence-corrected chi connectivity index (χ1v) is 5.73. The second-order valence-electron chi connectivity index (χ2n) is 5.14. The Hall–Kier alpha value is -1.49. The van der Waals surface area contributed by atoms with Crippen LogP contribution >= 0.6 is 0 Å². The summed E-state index contributed by atoms with van der Waals surface area (Å²) >= 11 is 0. The topological polar surface area (TPSA) is 41.1 Å². The van der Waals surface area contributed by atoms with Crippen molar-refractivity contribution in [2.45, 2.75) is 32.9 Å². The molecule has 0 fully saturated rings. The quantitative estimate of drug-likeness (QED) is 0.864. The van der Waals surface area contributed by atoms with Gasteiger partial charge in [0.05, 0.1) is 6.54 Å². The van der Waals surface area contributed by atoms with Gasteiger partial charge in [-0.25, -0.2) is 8.78 Å². The van der Waals surface area contributed by atoms with Crippen LogP contribution in [0.4, 0.5) is 8.78 Å². The van der Waals surface area contributed by atoms with Crippen LogP contribution in [0.5, 0.6) is 0 Å². The number of nitrogens with one attached hydrogen (secondary N) is 2. The molecule has 1 rings (SSSR count). The molecule has 100 valence electrons. The predicted molar refractivity (Wildman–Crippen MR) is 66.0 cm³/mol. The van der Waals surface area contributed by atoms with Gasteiger partial charge in [-0.05, 0) is 39.0 Å². The van der Waals surface area contributed by atoms with Crippen LogP contribution < -0.4 is 10.6 Å². The Labute approximate surface area is 106 Å². The van der Waals surface area contributed by atoms with E-state index in [1.165, 1.54) is 0 Å². The number of hydrogen-bond donors (Lipinski definition) is 2. The highest BCUT2D eigenvalue weighted by molar-refractivity contribution is 5.78. The smallest absolute Gasteiger partial charge is 0.234 e. The van der Waals surface area contributed by atoms with Crippen molar-refractivity contribution in [1.82, 2.24) is 10.6 Å². The lowest BCUT2D eigenvalue weighted by Crippen LogP contribution is -2.44. The maximum Gasteiger partial charge on any atom is 0.234 e. The standard InChI is InChI=1S/C13H18F2N2O/c1-13(2,3)17-12(18)8-16-7-9-6-10(14)4-5-11(9)15/h4-6,16H,7-8H2,1-3H3,(H,17,18). The van der Waals surface area contributed by atoms with Gasteiger partial charge in [-0.1, -0.05) is 0 Å². The molecule has 0 unspecified atom stereocenters. The zero-order valence-electron chi connectivity index (χ0n) is 10.8. The van der Waals surface area contributed by atoms with E-state index in [1.807, 2.05) is 20.8 Å². The Kier molecular flexibility index (Phi) is 4.78. The molecule has 0 bridgehead atoms. The summed E-state index contributed by atoms with van der Waals surface area (Å²) in [7, 11) is 0. The third-order valence-electron chi connectivity index (χ3n) is 2.12. The fourth-order valence-corrected chi connectivity index (χ4v) is 1.45. The molecule has 0 heterocycles. The van der Waals surface area contributed by atoms with Gasteiger partial charge in [0.1, 0.15) is 11.6 Å². The highest BCUT2D eigenvalue weighted by Gasteiger charge is 2.13. The highest BCUT2D eigenvalue weighted by atomic mass is 19.1. The molecule has 0 aliphatic rings. The Morgan fingerprint density at radius 1 is 1.28 bits per heavy atom. The van der Waals surface area contributed by atoms with Gasteiger partial charge in [0, 0.05) is 17.6 Å². The average Bonchev–Trinajstić information content (AvgIpc) is 2.20.